The maximum Gasteiger partial charge on any atom is 0.309 e. The van der Waals surface area contributed by atoms with Crippen LogP contribution in [0.3, 0.4) is 0 Å². The topological polar surface area (TPSA) is 74.6 Å². The van der Waals surface area contributed by atoms with Crippen LogP contribution in [0.4, 0.5) is 0 Å². The molecular weight excluding hydrogens is 172 g/mol. The summed E-state index contributed by atoms with van der Waals surface area (Å²) in [7, 11) is 0. The van der Waals surface area contributed by atoms with E-state index < -0.39 is 23.4 Å². The molecule has 4 nitrogen and oxygen atoms in total. The first-order valence-corrected chi connectivity index (χ1v) is 4.31. The van der Waals surface area contributed by atoms with E-state index in [2.05, 4.69) is 0 Å². The van der Waals surface area contributed by atoms with Crippen LogP contribution < -0.4 is 0 Å². The molecule has 0 saturated heterocycles. The van der Waals surface area contributed by atoms with Gasteiger partial charge in [-0.1, -0.05) is 6.92 Å². The Bertz CT molecular complexity index is 248. The molecule has 0 heterocycles. The Balaban J connectivity index is 2.85. The molecule has 0 amide bonds. The molecule has 13 heavy (non-hydrogen) atoms. The van der Waals surface area contributed by atoms with Crippen molar-refractivity contribution in [3.05, 3.63) is 0 Å². The quantitative estimate of drug-likeness (QED) is 0.623. The molecule has 0 radical (unpaired) electrons. The van der Waals surface area contributed by atoms with Crippen molar-refractivity contribution in [3.8, 4) is 0 Å². The summed E-state index contributed by atoms with van der Waals surface area (Å²) in [6.07, 6.45) is -0.627. The number of carboxylic acids is 1. The Morgan fingerprint density at radius 1 is 1.62 bits per heavy atom. The zero-order valence-corrected chi connectivity index (χ0v) is 7.78. The molecule has 0 bridgehead atoms. The largest absolute Gasteiger partial charge is 0.481 e. The highest BCUT2D eigenvalue weighted by molar-refractivity contribution is 5.89. The van der Waals surface area contributed by atoms with Gasteiger partial charge in [0.1, 0.15) is 5.78 Å². The zero-order valence-electron chi connectivity index (χ0n) is 7.78. The molecular formula is C9H14O4. The molecule has 1 rings (SSSR count). The van der Waals surface area contributed by atoms with Gasteiger partial charge < -0.3 is 10.2 Å². The van der Waals surface area contributed by atoms with Gasteiger partial charge in [0, 0.05) is 12.3 Å². The highest BCUT2D eigenvalue weighted by Gasteiger charge is 2.45. The van der Waals surface area contributed by atoms with Crippen molar-refractivity contribution in [2.75, 3.05) is 0 Å². The predicted octanol–water partition coefficient (Wildman–Crippen LogP) is 0.437. The SMILES string of the molecule is CC1C(=O)CC(C)(C(=O)O)CC1O. The minimum absolute atomic E-state index is 0.0283. The highest BCUT2D eigenvalue weighted by Crippen LogP contribution is 2.36. The summed E-state index contributed by atoms with van der Waals surface area (Å²) in [6.45, 7) is 3.14. The van der Waals surface area contributed by atoms with Crippen LogP contribution in [0, 0.1) is 11.3 Å². The second-order valence-electron chi connectivity index (χ2n) is 4.07. The van der Waals surface area contributed by atoms with E-state index in [4.69, 9.17) is 5.11 Å². The molecule has 4 heteroatoms. The molecule has 0 spiro atoms. The third kappa shape index (κ3) is 1.72. The van der Waals surface area contributed by atoms with Gasteiger partial charge in [0.25, 0.3) is 0 Å². The maximum atomic E-state index is 11.3. The molecule has 1 aliphatic carbocycles. The summed E-state index contributed by atoms with van der Waals surface area (Å²) in [5.74, 6) is -1.59. The number of aliphatic hydroxyl groups is 1. The van der Waals surface area contributed by atoms with E-state index >= 15 is 0 Å². The number of hydrogen-bond acceptors (Lipinski definition) is 3. The van der Waals surface area contributed by atoms with Crippen LogP contribution in [0.2, 0.25) is 0 Å². The minimum Gasteiger partial charge on any atom is -0.481 e. The molecule has 1 aliphatic rings. The lowest BCUT2D eigenvalue weighted by molar-refractivity contribution is -0.158. The number of aliphatic hydroxyl groups excluding tert-OH is 1. The van der Waals surface area contributed by atoms with Crippen LogP contribution in [-0.4, -0.2) is 28.1 Å². The van der Waals surface area contributed by atoms with Gasteiger partial charge >= 0.3 is 5.97 Å². The molecule has 0 aliphatic heterocycles. The van der Waals surface area contributed by atoms with E-state index in [1.807, 2.05) is 0 Å². The lowest BCUT2D eigenvalue weighted by Crippen LogP contribution is -2.44. The second kappa shape index (κ2) is 3.10. The van der Waals surface area contributed by atoms with Gasteiger partial charge in [-0.3, -0.25) is 9.59 Å². The number of ketones is 1. The average molecular weight is 186 g/mol. The maximum absolute atomic E-state index is 11.3. The fraction of sp³-hybridized carbons (Fsp3) is 0.778. The Kier molecular flexibility index (Phi) is 2.43. The molecule has 3 unspecified atom stereocenters. The van der Waals surface area contributed by atoms with Crippen molar-refractivity contribution in [1.82, 2.24) is 0 Å². The van der Waals surface area contributed by atoms with Crippen molar-refractivity contribution in [1.29, 1.82) is 0 Å². The Hall–Kier alpha value is -0.900. The summed E-state index contributed by atoms with van der Waals surface area (Å²) >= 11 is 0. The first-order chi connectivity index (χ1) is 5.87. The van der Waals surface area contributed by atoms with Gasteiger partial charge in [-0.2, -0.15) is 0 Å². The molecule has 0 aromatic carbocycles. The molecule has 0 aromatic rings. The van der Waals surface area contributed by atoms with Crippen LogP contribution in [0.5, 0.6) is 0 Å². The normalized spacial score (nSPS) is 40.4. The number of carbonyl (C=O) groups is 2. The third-order valence-corrected chi connectivity index (χ3v) is 2.83. The summed E-state index contributed by atoms with van der Waals surface area (Å²) < 4.78 is 0. The van der Waals surface area contributed by atoms with Crippen molar-refractivity contribution in [2.24, 2.45) is 11.3 Å². The van der Waals surface area contributed by atoms with Crippen LogP contribution in [-0.2, 0) is 9.59 Å². The van der Waals surface area contributed by atoms with E-state index in [1.54, 1.807) is 6.92 Å². The summed E-state index contributed by atoms with van der Waals surface area (Å²) in [5, 5.41) is 18.3. The van der Waals surface area contributed by atoms with Crippen LogP contribution in [0.1, 0.15) is 26.7 Å². The third-order valence-electron chi connectivity index (χ3n) is 2.83. The highest BCUT2D eigenvalue weighted by atomic mass is 16.4. The predicted molar refractivity (Wildman–Crippen MR) is 45.2 cm³/mol. The fourth-order valence-corrected chi connectivity index (χ4v) is 1.63. The van der Waals surface area contributed by atoms with E-state index in [0.717, 1.165) is 0 Å². The minimum atomic E-state index is -1.08. The van der Waals surface area contributed by atoms with Crippen LogP contribution in [0.25, 0.3) is 0 Å². The van der Waals surface area contributed by atoms with Gasteiger partial charge in [-0.05, 0) is 13.3 Å². The molecule has 3 atom stereocenters. The molecule has 1 saturated carbocycles. The number of Topliss-reactive ketones (excluding diaryl/α,β-unsaturated/α-hetero) is 1. The Labute approximate surface area is 76.6 Å². The van der Waals surface area contributed by atoms with Crippen molar-refractivity contribution in [3.63, 3.8) is 0 Å². The number of rotatable bonds is 1. The zero-order chi connectivity index (χ0) is 10.2. The monoisotopic (exact) mass is 186 g/mol. The van der Waals surface area contributed by atoms with E-state index in [9.17, 15) is 14.7 Å². The average Bonchev–Trinajstić information content (AvgIpc) is 2.00. The van der Waals surface area contributed by atoms with Gasteiger partial charge in [0.15, 0.2) is 0 Å². The van der Waals surface area contributed by atoms with Crippen molar-refractivity contribution in [2.45, 2.75) is 32.8 Å². The van der Waals surface area contributed by atoms with Gasteiger partial charge in [-0.25, -0.2) is 0 Å². The standard InChI is InChI=1S/C9H14O4/c1-5-6(10)3-9(2,8(12)13)4-7(5)11/h5-6,10H,3-4H2,1-2H3,(H,12,13). The lowest BCUT2D eigenvalue weighted by atomic mass is 9.70. The molecule has 1 fully saturated rings. The lowest BCUT2D eigenvalue weighted by Gasteiger charge is -2.34. The Morgan fingerprint density at radius 3 is 2.54 bits per heavy atom. The van der Waals surface area contributed by atoms with Gasteiger partial charge in [0.05, 0.1) is 11.5 Å². The summed E-state index contributed by atoms with van der Waals surface area (Å²) in [6, 6.07) is 0. The number of aliphatic carboxylic acids is 1. The summed E-state index contributed by atoms with van der Waals surface area (Å²) in [4.78, 5) is 22.1. The molecule has 74 valence electrons. The first-order valence-electron chi connectivity index (χ1n) is 4.31. The summed E-state index contributed by atoms with van der Waals surface area (Å²) in [5.41, 5.74) is -1.08. The fourth-order valence-electron chi connectivity index (χ4n) is 1.63. The molecule has 2 N–H and O–H groups in total. The number of hydrogen-bond donors (Lipinski definition) is 2. The van der Waals surface area contributed by atoms with Crippen LogP contribution >= 0.6 is 0 Å². The first kappa shape index (κ1) is 10.2. The van der Waals surface area contributed by atoms with Crippen molar-refractivity contribution < 1.29 is 19.8 Å². The van der Waals surface area contributed by atoms with Gasteiger partial charge in [-0.15, -0.1) is 0 Å². The number of carbonyl (C=O) groups excluding carboxylic acids is 1. The van der Waals surface area contributed by atoms with Crippen LogP contribution in [0.15, 0.2) is 0 Å². The number of carboxylic acid groups (broad SMARTS) is 1. The van der Waals surface area contributed by atoms with Gasteiger partial charge in [0.2, 0.25) is 0 Å². The Morgan fingerprint density at radius 2 is 2.15 bits per heavy atom. The smallest absolute Gasteiger partial charge is 0.309 e. The second-order valence-corrected chi connectivity index (χ2v) is 4.07. The van der Waals surface area contributed by atoms with E-state index in [1.165, 1.54) is 6.92 Å². The molecule has 0 aromatic heterocycles. The van der Waals surface area contributed by atoms with E-state index in [0.29, 0.717) is 0 Å². The van der Waals surface area contributed by atoms with E-state index in [-0.39, 0.29) is 18.6 Å². The van der Waals surface area contributed by atoms with Crippen molar-refractivity contribution >= 4 is 11.8 Å².